The quantitative estimate of drug-likeness (QED) is 0.920. The Morgan fingerprint density at radius 3 is 2.52 bits per heavy atom. The summed E-state index contributed by atoms with van der Waals surface area (Å²) < 4.78 is 39.4. The van der Waals surface area contributed by atoms with Crippen molar-refractivity contribution >= 4 is 18.1 Å². The van der Waals surface area contributed by atoms with E-state index in [4.69, 9.17) is 0 Å². The van der Waals surface area contributed by atoms with Gasteiger partial charge in [0.25, 0.3) is 0 Å². The normalized spacial score (nSPS) is 11.3. The van der Waals surface area contributed by atoms with Gasteiger partial charge in [0.05, 0.1) is 23.8 Å². The van der Waals surface area contributed by atoms with Crippen LogP contribution in [0.25, 0.3) is 0 Å². The predicted molar refractivity (Wildman–Crippen MR) is 75.5 cm³/mol. The summed E-state index contributed by atoms with van der Waals surface area (Å²) in [5.74, 6) is 0. The molecule has 21 heavy (non-hydrogen) atoms. The molecule has 2 aromatic heterocycles. The number of alkyl halides is 3. The summed E-state index contributed by atoms with van der Waals surface area (Å²) in [7, 11) is 0. The molecular weight excluding hydrogens is 307 g/mol. The molecule has 0 aliphatic heterocycles. The second-order valence-electron chi connectivity index (χ2n) is 4.47. The van der Waals surface area contributed by atoms with Crippen LogP contribution in [0.2, 0.25) is 0 Å². The number of anilines is 1. The van der Waals surface area contributed by atoms with Crippen molar-refractivity contribution in [2.24, 2.45) is 0 Å². The van der Waals surface area contributed by atoms with Crippen molar-refractivity contribution in [1.82, 2.24) is 19.6 Å². The Labute approximate surface area is 126 Å². The van der Waals surface area contributed by atoms with Crippen molar-refractivity contribution < 1.29 is 13.2 Å². The van der Waals surface area contributed by atoms with E-state index in [0.29, 0.717) is 12.1 Å². The second kappa shape index (κ2) is 6.84. The third-order valence-electron chi connectivity index (χ3n) is 2.91. The maximum absolute atomic E-state index is 12.2. The summed E-state index contributed by atoms with van der Waals surface area (Å²) in [6.07, 6.45) is 0.271. The van der Waals surface area contributed by atoms with Crippen LogP contribution >= 0.6 is 12.4 Å². The molecule has 0 fully saturated rings. The lowest BCUT2D eigenvalue weighted by atomic mass is 10.3. The highest BCUT2D eigenvalue weighted by molar-refractivity contribution is 5.85. The topological polar surface area (TPSA) is 47.7 Å². The Kier molecular flexibility index (Phi) is 5.65. The van der Waals surface area contributed by atoms with Gasteiger partial charge in [0.15, 0.2) is 0 Å². The van der Waals surface area contributed by atoms with Gasteiger partial charge in [-0.2, -0.15) is 23.4 Å². The zero-order valence-electron chi connectivity index (χ0n) is 11.7. The maximum atomic E-state index is 12.2. The fourth-order valence-corrected chi connectivity index (χ4v) is 1.90. The first-order valence-electron chi connectivity index (χ1n) is 6.23. The fraction of sp³-hybridized carbons (Fsp3) is 0.500. The number of hydrogen-bond donors (Lipinski definition) is 1. The van der Waals surface area contributed by atoms with E-state index in [1.54, 1.807) is 6.20 Å². The van der Waals surface area contributed by atoms with Crippen molar-refractivity contribution in [2.45, 2.75) is 39.7 Å². The Bertz CT molecular complexity index is 576. The summed E-state index contributed by atoms with van der Waals surface area (Å²) in [6.45, 7) is 4.04. The van der Waals surface area contributed by atoms with Gasteiger partial charge in [0, 0.05) is 24.8 Å². The number of halogens is 4. The van der Waals surface area contributed by atoms with Crippen LogP contribution in [0.1, 0.15) is 18.2 Å². The highest BCUT2D eigenvalue weighted by atomic mass is 35.5. The minimum absolute atomic E-state index is 0. The molecule has 0 amide bonds. The summed E-state index contributed by atoms with van der Waals surface area (Å²) in [6, 6.07) is 0. The molecule has 2 rings (SSSR count). The second-order valence-corrected chi connectivity index (χ2v) is 4.47. The van der Waals surface area contributed by atoms with E-state index in [2.05, 4.69) is 15.5 Å². The summed E-state index contributed by atoms with van der Waals surface area (Å²) >= 11 is 0. The van der Waals surface area contributed by atoms with Crippen molar-refractivity contribution in [3.05, 3.63) is 29.8 Å². The van der Waals surface area contributed by atoms with Crippen LogP contribution in [0, 0.1) is 6.92 Å². The number of hydrogen-bond acceptors (Lipinski definition) is 3. The molecule has 0 aromatic carbocycles. The molecule has 0 aliphatic rings. The first-order chi connectivity index (χ1) is 9.39. The molecule has 5 nitrogen and oxygen atoms in total. The predicted octanol–water partition coefficient (Wildman–Crippen LogP) is 3.00. The average Bonchev–Trinajstić information content (AvgIpc) is 2.92. The van der Waals surface area contributed by atoms with E-state index in [-0.39, 0.29) is 12.4 Å². The Morgan fingerprint density at radius 1 is 1.24 bits per heavy atom. The first-order valence-corrected chi connectivity index (χ1v) is 6.23. The van der Waals surface area contributed by atoms with Gasteiger partial charge in [-0.05, 0) is 13.8 Å². The monoisotopic (exact) mass is 323 g/mol. The van der Waals surface area contributed by atoms with Crippen molar-refractivity contribution in [2.75, 3.05) is 5.32 Å². The lowest BCUT2D eigenvalue weighted by molar-refractivity contribution is -0.142. The molecule has 2 heterocycles. The van der Waals surface area contributed by atoms with E-state index < -0.39 is 12.7 Å². The standard InChI is InChI=1S/C12H16F3N5.ClH/c1-3-20-9(2)11(6-18-20)16-4-10-5-17-19(7-10)8-12(13,14)15;/h5-7,16H,3-4,8H2,1-2H3;1H. The van der Waals surface area contributed by atoms with Gasteiger partial charge in [-0.1, -0.05) is 0 Å². The minimum Gasteiger partial charge on any atom is -0.378 e. The van der Waals surface area contributed by atoms with Crippen molar-refractivity contribution in [1.29, 1.82) is 0 Å². The zero-order valence-corrected chi connectivity index (χ0v) is 12.5. The van der Waals surface area contributed by atoms with Gasteiger partial charge >= 0.3 is 6.18 Å². The molecule has 0 radical (unpaired) electrons. The number of nitrogens with one attached hydrogen (secondary N) is 1. The van der Waals surface area contributed by atoms with Gasteiger partial charge in [0.1, 0.15) is 6.54 Å². The molecule has 0 spiro atoms. The molecule has 0 aliphatic carbocycles. The Hall–Kier alpha value is -1.70. The highest BCUT2D eigenvalue weighted by Gasteiger charge is 2.28. The molecule has 1 N–H and O–H groups in total. The van der Waals surface area contributed by atoms with Crippen LogP contribution in [0.5, 0.6) is 0 Å². The number of aromatic nitrogens is 4. The first kappa shape index (κ1) is 17.4. The SMILES string of the molecule is CCn1ncc(NCc2cnn(CC(F)(F)F)c2)c1C.Cl. The van der Waals surface area contributed by atoms with E-state index in [1.165, 1.54) is 12.4 Å². The summed E-state index contributed by atoms with van der Waals surface area (Å²) in [5, 5.41) is 11.0. The minimum atomic E-state index is -4.25. The molecular formula is C12H17ClF3N5. The largest absolute Gasteiger partial charge is 0.408 e. The summed E-state index contributed by atoms with van der Waals surface area (Å²) in [5.41, 5.74) is 2.56. The van der Waals surface area contributed by atoms with Gasteiger partial charge in [-0.25, -0.2) is 0 Å². The van der Waals surface area contributed by atoms with Crippen molar-refractivity contribution in [3.8, 4) is 0 Å². The molecule has 0 atom stereocenters. The lowest BCUT2D eigenvalue weighted by Crippen LogP contribution is -2.17. The molecule has 0 unspecified atom stereocenters. The molecule has 9 heteroatoms. The number of aryl methyl sites for hydroxylation is 1. The van der Waals surface area contributed by atoms with Crippen LogP contribution in [0.15, 0.2) is 18.6 Å². The fourth-order valence-electron chi connectivity index (χ4n) is 1.90. The van der Waals surface area contributed by atoms with E-state index in [1.807, 2.05) is 18.5 Å². The third-order valence-corrected chi connectivity index (χ3v) is 2.91. The number of rotatable bonds is 5. The van der Waals surface area contributed by atoms with Gasteiger partial charge < -0.3 is 5.32 Å². The molecule has 0 bridgehead atoms. The van der Waals surface area contributed by atoms with Crippen LogP contribution in [-0.4, -0.2) is 25.7 Å². The van der Waals surface area contributed by atoms with Gasteiger partial charge in [-0.15, -0.1) is 12.4 Å². The van der Waals surface area contributed by atoms with E-state index in [0.717, 1.165) is 22.6 Å². The van der Waals surface area contributed by atoms with Crippen LogP contribution in [0.4, 0.5) is 18.9 Å². The highest BCUT2D eigenvalue weighted by Crippen LogP contribution is 2.18. The number of nitrogens with zero attached hydrogens (tertiary/aromatic N) is 4. The Morgan fingerprint density at radius 2 is 1.95 bits per heavy atom. The molecule has 0 saturated carbocycles. The Balaban J connectivity index is 0.00000220. The van der Waals surface area contributed by atoms with Gasteiger partial charge in [0.2, 0.25) is 0 Å². The van der Waals surface area contributed by atoms with Crippen LogP contribution < -0.4 is 5.32 Å². The van der Waals surface area contributed by atoms with Crippen LogP contribution in [-0.2, 0) is 19.6 Å². The molecule has 0 saturated heterocycles. The average molecular weight is 324 g/mol. The molecule has 118 valence electrons. The smallest absolute Gasteiger partial charge is 0.378 e. The van der Waals surface area contributed by atoms with Crippen molar-refractivity contribution in [3.63, 3.8) is 0 Å². The van der Waals surface area contributed by atoms with E-state index >= 15 is 0 Å². The van der Waals surface area contributed by atoms with E-state index in [9.17, 15) is 13.2 Å². The lowest BCUT2D eigenvalue weighted by Gasteiger charge is -2.06. The zero-order chi connectivity index (χ0) is 14.8. The van der Waals surface area contributed by atoms with Crippen LogP contribution in [0.3, 0.4) is 0 Å². The third kappa shape index (κ3) is 4.66. The molecule has 2 aromatic rings. The summed E-state index contributed by atoms with van der Waals surface area (Å²) in [4.78, 5) is 0. The maximum Gasteiger partial charge on any atom is 0.408 e. The van der Waals surface area contributed by atoms with Gasteiger partial charge in [-0.3, -0.25) is 9.36 Å².